The van der Waals surface area contributed by atoms with E-state index in [4.69, 9.17) is 0 Å². The minimum absolute atomic E-state index is 0.0206. The fourth-order valence-corrected chi connectivity index (χ4v) is 3.62. The lowest BCUT2D eigenvalue weighted by atomic mass is 9.80. The number of hydrogen-bond donors (Lipinski definition) is 1. The maximum absolute atomic E-state index is 12.3. The fraction of sp³-hybridized carbons (Fsp3) is 0.364. The van der Waals surface area contributed by atoms with Gasteiger partial charge in [-0.05, 0) is 36.8 Å². The molecule has 0 unspecified atom stereocenters. The van der Waals surface area contributed by atoms with Crippen LogP contribution < -0.4 is 5.43 Å². The summed E-state index contributed by atoms with van der Waals surface area (Å²) in [6.07, 6.45) is 0.794. The highest BCUT2D eigenvalue weighted by Crippen LogP contribution is 2.27. The first kappa shape index (κ1) is 20.2. The van der Waals surface area contributed by atoms with E-state index in [-0.39, 0.29) is 16.6 Å². The Morgan fingerprint density at radius 1 is 1.08 bits per heavy atom. The van der Waals surface area contributed by atoms with Gasteiger partial charge in [-0.15, -0.1) is 11.8 Å². The van der Waals surface area contributed by atoms with E-state index in [0.717, 1.165) is 17.9 Å². The van der Waals surface area contributed by atoms with Crippen molar-refractivity contribution in [1.29, 1.82) is 0 Å². The molecule has 1 amide bonds. The smallest absolute Gasteiger partial charge is 0.252 e. The summed E-state index contributed by atoms with van der Waals surface area (Å²) < 4.78 is 0. The summed E-state index contributed by atoms with van der Waals surface area (Å²) in [5.74, 6) is 0.766. The SMILES string of the molecule is C/C(CC(C)(C)c1ccccc1)=N/NC(=O)[C@@H](C)SCc1ccccc1. The molecule has 0 spiro atoms. The molecule has 2 aromatic carbocycles. The van der Waals surface area contributed by atoms with Gasteiger partial charge < -0.3 is 0 Å². The molecule has 0 radical (unpaired) electrons. The van der Waals surface area contributed by atoms with Crippen LogP contribution in [-0.2, 0) is 16.0 Å². The van der Waals surface area contributed by atoms with Crippen LogP contribution in [0.15, 0.2) is 65.8 Å². The van der Waals surface area contributed by atoms with Gasteiger partial charge in [0.25, 0.3) is 5.91 Å². The Balaban J connectivity index is 1.84. The molecular formula is C22H28N2OS. The van der Waals surface area contributed by atoms with Crippen LogP contribution in [0.1, 0.15) is 45.2 Å². The number of benzene rings is 2. The van der Waals surface area contributed by atoms with Gasteiger partial charge in [-0.3, -0.25) is 4.79 Å². The lowest BCUT2D eigenvalue weighted by Crippen LogP contribution is -2.29. The van der Waals surface area contributed by atoms with Crippen LogP contribution in [0, 0.1) is 0 Å². The molecule has 26 heavy (non-hydrogen) atoms. The topological polar surface area (TPSA) is 41.5 Å². The summed E-state index contributed by atoms with van der Waals surface area (Å²) in [5, 5.41) is 4.17. The maximum Gasteiger partial charge on any atom is 0.252 e. The zero-order valence-corrected chi connectivity index (χ0v) is 16.8. The van der Waals surface area contributed by atoms with Crippen molar-refractivity contribution in [3.63, 3.8) is 0 Å². The van der Waals surface area contributed by atoms with Gasteiger partial charge in [0, 0.05) is 11.5 Å². The second kappa shape index (κ2) is 9.58. The fourth-order valence-electron chi connectivity index (χ4n) is 2.78. The average molecular weight is 369 g/mol. The summed E-state index contributed by atoms with van der Waals surface area (Å²) in [6, 6.07) is 20.6. The molecule has 3 nitrogen and oxygen atoms in total. The molecule has 1 N–H and O–H groups in total. The van der Waals surface area contributed by atoms with Crippen LogP contribution in [0.4, 0.5) is 0 Å². The van der Waals surface area contributed by atoms with Gasteiger partial charge in [-0.2, -0.15) is 5.10 Å². The standard InChI is InChI=1S/C22H28N2OS/c1-17(15-22(3,4)20-13-9-6-10-14-20)23-24-21(25)18(2)26-16-19-11-7-5-8-12-19/h5-14,18H,15-16H2,1-4H3,(H,24,25)/b23-17-/t18-/m1/s1. The van der Waals surface area contributed by atoms with Crippen molar-refractivity contribution < 1.29 is 4.79 Å². The van der Waals surface area contributed by atoms with Crippen molar-refractivity contribution in [3.8, 4) is 0 Å². The minimum atomic E-state index is -0.145. The summed E-state index contributed by atoms with van der Waals surface area (Å²) in [4.78, 5) is 12.3. The molecule has 0 aliphatic carbocycles. The second-order valence-electron chi connectivity index (χ2n) is 7.19. The number of nitrogens with zero attached hydrogens (tertiary/aromatic N) is 1. The summed E-state index contributed by atoms with van der Waals surface area (Å²) >= 11 is 1.62. The first-order chi connectivity index (χ1) is 12.4. The van der Waals surface area contributed by atoms with Gasteiger partial charge in [-0.25, -0.2) is 5.43 Å². The van der Waals surface area contributed by atoms with Crippen LogP contribution in [0.3, 0.4) is 0 Å². The quantitative estimate of drug-likeness (QED) is 0.516. The van der Waals surface area contributed by atoms with Crippen molar-refractivity contribution in [2.75, 3.05) is 0 Å². The molecule has 138 valence electrons. The van der Waals surface area contributed by atoms with Crippen molar-refractivity contribution in [2.45, 2.75) is 50.5 Å². The Morgan fingerprint density at radius 3 is 2.27 bits per heavy atom. The van der Waals surface area contributed by atoms with E-state index < -0.39 is 0 Å². The minimum Gasteiger partial charge on any atom is -0.272 e. The molecule has 2 aromatic rings. The van der Waals surface area contributed by atoms with E-state index >= 15 is 0 Å². The van der Waals surface area contributed by atoms with Crippen LogP contribution in [0.25, 0.3) is 0 Å². The Kier molecular flexibility index (Phi) is 7.46. The Labute approximate surface area is 161 Å². The van der Waals surface area contributed by atoms with E-state index in [1.165, 1.54) is 11.1 Å². The van der Waals surface area contributed by atoms with E-state index in [1.54, 1.807) is 11.8 Å². The van der Waals surface area contributed by atoms with Gasteiger partial charge in [0.2, 0.25) is 0 Å². The normalized spacial score (nSPS) is 13.3. The second-order valence-corrected chi connectivity index (χ2v) is 8.52. The van der Waals surface area contributed by atoms with Crippen LogP contribution in [0.2, 0.25) is 0 Å². The molecule has 0 bridgehead atoms. The monoisotopic (exact) mass is 368 g/mol. The van der Waals surface area contributed by atoms with Crippen molar-refractivity contribution >= 4 is 23.4 Å². The van der Waals surface area contributed by atoms with Gasteiger partial charge >= 0.3 is 0 Å². The summed E-state index contributed by atoms with van der Waals surface area (Å²) in [5.41, 5.74) is 6.12. The number of rotatable bonds is 8. The van der Waals surface area contributed by atoms with Crippen molar-refractivity contribution in [1.82, 2.24) is 5.43 Å². The van der Waals surface area contributed by atoms with E-state index in [1.807, 2.05) is 38.1 Å². The van der Waals surface area contributed by atoms with Crippen molar-refractivity contribution in [2.24, 2.45) is 5.10 Å². The number of nitrogens with one attached hydrogen (secondary N) is 1. The number of thioether (sulfide) groups is 1. The average Bonchev–Trinajstić information content (AvgIpc) is 2.65. The van der Waals surface area contributed by atoms with Crippen LogP contribution in [-0.4, -0.2) is 16.9 Å². The zero-order chi connectivity index (χ0) is 19.0. The summed E-state index contributed by atoms with van der Waals surface area (Å²) in [6.45, 7) is 8.28. The highest BCUT2D eigenvalue weighted by Gasteiger charge is 2.21. The third-order valence-corrected chi connectivity index (χ3v) is 5.54. The van der Waals surface area contributed by atoms with Gasteiger partial charge in [0.05, 0.1) is 5.25 Å². The molecule has 0 aromatic heterocycles. The molecular weight excluding hydrogens is 340 g/mol. The Hall–Kier alpha value is -2.07. The van der Waals surface area contributed by atoms with Crippen LogP contribution >= 0.6 is 11.8 Å². The molecule has 0 heterocycles. The van der Waals surface area contributed by atoms with Crippen LogP contribution in [0.5, 0.6) is 0 Å². The van der Waals surface area contributed by atoms with E-state index in [9.17, 15) is 4.79 Å². The molecule has 0 saturated carbocycles. The molecule has 1 atom stereocenters. The number of amides is 1. The number of carbonyl (C=O) groups excluding carboxylic acids is 1. The Bertz CT molecular complexity index is 726. The highest BCUT2D eigenvalue weighted by atomic mass is 32.2. The number of hydrazone groups is 1. The third kappa shape index (κ3) is 6.34. The number of carbonyl (C=O) groups is 1. The molecule has 0 aliphatic heterocycles. The Morgan fingerprint density at radius 2 is 1.65 bits per heavy atom. The van der Waals surface area contributed by atoms with Gasteiger partial charge in [0.1, 0.15) is 0 Å². The lowest BCUT2D eigenvalue weighted by Gasteiger charge is -2.25. The zero-order valence-electron chi connectivity index (χ0n) is 16.0. The first-order valence-corrected chi connectivity index (χ1v) is 9.97. The molecule has 0 aliphatic rings. The first-order valence-electron chi connectivity index (χ1n) is 8.92. The molecule has 4 heteroatoms. The third-order valence-electron chi connectivity index (χ3n) is 4.32. The predicted octanol–water partition coefficient (Wildman–Crippen LogP) is 5.17. The van der Waals surface area contributed by atoms with Gasteiger partial charge in [0.15, 0.2) is 0 Å². The van der Waals surface area contributed by atoms with E-state index in [0.29, 0.717) is 0 Å². The number of hydrogen-bond acceptors (Lipinski definition) is 3. The predicted molar refractivity (Wildman–Crippen MR) is 113 cm³/mol. The molecule has 0 saturated heterocycles. The van der Waals surface area contributed by atoms with E-state index in [2.05, 4.69) is 60.8 Å². The highest BCUT2D eigenvalue weighted by molar-refractivity contribution is 7.99. The van der Waals surface area contributed by atoms with Gasteiger partial charge in [-0.1, -0.05) is 74.5 Å². The maximum atomic E-state index is 12.3. The summed E-state index contributed by atoms with van der Waals surface area (Å²) in [7, 11) is 0. The lowest BCUT2D eigenvalue weighted by molar-refractivity contribution is -0.120. The molecule has 0 fully saturated rings. The largest absolute Gasteiger partial charge is 0.272 e. The van der Waals surface area contributed by atoms with Crippen molar-refractivity contribution in [3.05, 3.63) is 71.8 Å². The molecule has 2 rings (SSSR count).